The monoisotopic (exact) mass is 187 g/mol. The van der Waals surface area contributed by atoms with Gasteiger partial charge in [0.15, 0.2) is 0 Å². The van der Waals surface area contributed by atoms with Gasteiger partial charge in [-0.15, -0.1) is 0 Å². The molecule has 0 atom stereocenters. The maximum atomic E-state index is 8.18. The van der Waals surface area contributed by atoms with Crippen molar-refractivity contribution in [2.24, 2.45) is 12.2 Å². The maximum Gasteiger partial charge on any atom is 0.0955 e. The van der Waals surface area contributed by atoms with Crippen LogP contribution >= 0.6 is 0 Å². The first kappa shape index (κ1) is 8.59. The fourth-order valence-corrected chi connectivity index (χ4v) is 1.39. The molecule has 1 aromatic heterocycles. The predicted octanol–water partition coefficient (Wildman–Crippen LogP) is 2.38. The molecule has 0 radical (unpaired) electrons. The van der Waals surface area contributed by atoms with E-state index in [0.29, 0.717) is 6.54 Å². The van der Waals surface area contributed by atoms with Crippen LogP contribution in [-0.2, 0) is 13.6 Å². The molecule has 0 fully saturated rings. The lowest BCUT2D eigenvalue weighted by molar-refractivity contribution is 0.947. The Morgan fingerprint density at radius 3 is 3.21 bits per heavy atom. The largest absolute Gasteiger partial charge is 0.334 e. The van der Waals surface area contributed by atoms with Gasteiger partial charge in [0, 0.05) is 12.0 Å². The minimum absolute atomic E-state index is 0.378. The Kier molecular flexibility index (Phi) is 2.08. The summed E-state index contributed by atoms with van der Waals surface area (Å²) in [6.07, 6.45) is 1.77. The molecule has 0 amide bonds. The summed E-state index contributed by atoms with van der Waals surface area (Å²) in [5.74, 6) is 0. The summed E-state index contributed by atoms with van der Waals surface area (Å²) < 4.78 is 1.95. The van der Waals surface area contributed by atoms with Crippen molar-refractivity contribution in [3.8, 4) is 0 Å². The van der Waals surface area contributed by atoms with Crippen molar-refractivity contribution in [1.29, 1.82) is 0 Å². The fourth-order valence-electron chi connectivity index (χ4n) is 1.39. The third-order valence-electron chi connectivity index (χ3n) is 2.11. The lowest BCUT2D eigenvalue weighted by atomic mass is 10.2. The number of rotatable bonds is 2. The highest BCUT2D eigenvalue weighted by molar-refractivity contribution is 5.75. The van der Waals surface area contributed by atoms with Crippen LogP contribution in [0.2, 0.25) is 0 Å². The molecule has 0 saturated heterocycles. The smallest absolute Gasteiger partial charge is 0.0955 e. The molecule has 0 aliphatic rings. The Labute approximate surface area is 80.6 Å². The predicted molar refractivity (Wildman–Crippen MR) is 53.6 cm³/mol. The molecule has 70 valence electrons. The topological polar surface area (TPSA) is 66.6 Å². The van der Waals surface area contributed by atoms with Gasteiger partial charge in [0.05, 0.1) is 23.9 Å². The zero-order chi connectivity index (χ0) is 9.97. The number of hydrogen-bond donors (Lipinski definition) is 0. The van der Waals surface area contributed by atoms with E-state index in [1.54, 1.807) is 6.33 Å². The van der Waals surface area contributed by atoms with Gasteiger partial charge in [-0.25, -0.2) is 4.98 Å². The molecule has 2 aromatic rings. The number of hydrogen-bond acceptors (Lipinski definition) is 2. The van der Waals surface area contributed by atoms with E-state index in [1.807, 2.05) is 29.8 Å². The molecule has 0 spiro atoms. The summed E-state index contributed by atoms with van der Waals surface area (Å²) in [5.41, 5.74) is 11.2. The summed E-state index contributed by atoms with van der Waals surface area (Å²) in [5, 5.41) is 3.50. The second kappa shape index (κ2) is 3.40. The molecule has 0 aliphatic heterocycles. The van der Waals surface area contributed by atoms with Gasteiger partial charge < -0.3 is 4.57 Å². The van der Waals surface area contributed by atoms with Crippen molar-refractivity contribution < 1.29 is 0 Å². The Bertz CT molecular complexity index is 507. The molecule has 0 unspecified atom stereocenters. The average Bonchev–Trinajstić information content (AvgIpc) is 2.57. The van der Waals surface area contributed by atoms with E-state index in [-0.39, 0.29) is 0 Å². The molecule has 0 saturated carbocycles. The van der Waals surface area contributed by atoms with Crippen LogP contribution in [0.1, 0.15) is 5.56 Å². The first-order valence-electron chi connectivity index (χ1n) is 4.22. The van der Waals surface area contributed by atoms with E-state index in [2.05, 4.69) is 15.0 Å². The van der Waals surface area contributed by atoms with Gasteiger partial charge >= 0.3 is 0 Å². The van der Waals surface area contributed by atoms with Gasteiger partial charge in [-0.2, -0.15) is 0 Å². The number of nitrogens with zero attached hydrogens (tertiary/aromatic N) is 5. The number of imidazole rings is 1. The standard InChI is InChI=1S/C9H9N5/c1-14-6-11-8-4-7(5-12-13-10)2-3-9(8)14/h2-4,6H,5H2,1H3. The van der Waals surface area contributed by atoms with Gasteiger partial charge in [0.1, 0.15) is 0 Å². The van der Waals surface area contributed by atoms with Crippen LogP contribution in [-0.4, -0.2) is 9.55 Å². The summed E-state index contributed by atoms with van der Waals surface area (Å²) in [7, 11) is 1.95. The van der Waals surface area contributed by atoms with E-state index in [9.17, 15) is 0 Å². The van der Waals surface area contributed by atoms with Crippen LogP contribution in [0.5, 0.6) is 0 Å². The first-order chi connectivity index (χ1) is 6.81. The molecule has 14 heavy (non-hydrogen) atoms. The Morgan fingerprint density at radius 2 is 2.43 bits per heavy atom. The van der Waals surface area contributed by atoms with E-state index in [0.717, 1.165) is 16.6 Å². The number of azide groups is 1. The normalized spacial score (nSPS) is 10.1. The summed E-state index contributed by atoms with van der Waals surface area (Å²) >= 11 is 0. The maximum absolute atomic E-state index is 8.18. The molecule has 5 heteroatoms. The van der Waals surface area contributed by atoms with Gasteiger partial charge in [0.25, 0.3) is 0 Å². The van der Waals surface area contributed by atoms with Gasteiger partial charge in [-0.1, -0.05) is 11.2 Å². The highest BCUT2D eigenvalue weighted by Crippen LogP contribution is 2.14. The Hall–Kier alpha value is -2.00. The highest BCUT2D eigenvalue weighted by Gasteiger charge is 1.99. The van der Waals surface area contributed by atoms with Crippen LogP contribution in [0.15, 0.2) is 29.6 Å². The fraction of sp³-hybridized carbons (Fsp3) is 0.222. The van der Waals surface area contributed by atoms with Crippen LogP contribution < -0.4 is 0 Å². The number of aryl methyl sites for hydroxylation is 1. The molecule has 0 N–H and O–H groups in total. The highest BCUT2D eigenvalue weighted by atomic mass is 15.1. The molecule has 2 rings (SSSR count). The average molecular weight is 187 g/mol. The SMILES string of the molecule is Cn1cnc2cc(CN=[N+]=[N-])ccc21. The molecular weight excluding hydrogens is 178 g/mol. The summed E-state index contributed by atoms with van der Waals surface area (Å²) in [6, 6.07) is 5.85. The van der Waals surface area contributed by atoms with Crippen molar-refractivity contribution in [3.63, 3.8) is 0 Å². The Morgan fingerprint density at radius 1 is 1.57 bits per heavy atom. The van der Waals surface area contributed by atoms with E-state index in [4.69, 9.17) is 5.53 Å². The van der Waals surface area contributed by atoms with Crippen LogP contribution in [0.4, 0.5) is 0 Å². The minimum Gasteiger partial charge on any atom is -0.334 e. The van der Waals surface area contributed by atoms with Crippen molar-refractivity contribution in [3.05, 3.63) is 40.5 Å². The van der Waals surface area contributed by atoms with E-state index in [1.165, 1.54) is 0 Å². The zero-order valence-corrected chi connectivity index (χ0v) is 7.75. The third-order valence-corrected chi connectivity index (χ3v) is 2.11. The third kappa shape index (κ3) is 1.41. The lowest BCUT2D eigenvalue weighted by Gasteiger charge is -1.96. The Balaban J connectivity index is 2.46. The van der Waals surface area contributed by atoms with Gasteiger partial charge in [0.2, 0.25) is 0 Å². The van der Waals surface area contributed by atoms with E-state index >= 15 is 0 Å². The van der Waals surface area contributed by atoms with Crippen molar-refractivity contribution in [1.82, 2.24) is 9.55 Å². The minimum atomic E-state index is 0.378. The zero-order valence-electron chi connectivity index (χ0n) is 7.75. The molecule has 0 bridgehead atoms. The molecule has 1 aromatic carbocycles. The molecule has 5 nitrogen and oxygen atoms in total. The van der Waals surface area contributed by atoms with E-state index < -0.39 is 0 Å². The second-order valence-corrected chi connectivity index (χ2v) is 3.07. The number of benzene rings is 1. The van der Waals surface area contributed by atoms with Crippen molar-refractivity contribution in [2.75, 3.05) is 0 Å². The van der Waals surface area contributed by atoms with Crippen molar-refractivity contribution >= 4 is 11.0 Å². The van der Waals surface area contributed by atoms with Gasteiger partial charge in [-0.05, 0) is 23.2 Å². The lowest BCUT2D eigenvalue weighted by Crippen LogP contribution is -1.84. The molecular formula is C9H9N5. The molecule has 1 heterocycles. The van der Waals surface area contributed by atoms with Crippen LogP contribution in [0.3, 0.4) is 0 Å². The quantitative estimate of drug-likeness (QED) is 0.404. The number of fused-ring (bicyclic) bond motifs is 1. The summed E-state index contributed by atoms with van der Waals surface area (Å²) in [4.78, 5) is 6.93. The summed E-state index contributed by atoms with van der Waals surface area (Å²) in [6.45, 7) is 0.378. The van der Waals surface area contributed by atoms with Crippen LogP contribution in [0, 0.1) is 0 Å². The number of aromatic nitrogens is 2. The van der Waals surface area contributed by atoms with Crippen molar-refractivity contribution in [2.45, 2.75) is 6.54 Å². The first-order valence-corrected chi connectivity index (χ1v) is 4.22. The second-order valence-electron chi connectivity index (χ2n) is 3.07. The van der Waals surface area contributed by atoms with Gasteiger partial charge in [-0.3, -0.25) is 0 Å². The van der Waals surface area contributed by atoms with Crippen LogP contribution in [0.25, 0.3) is 21.5 Å². The molecule has 0 aliphatic carbocycles.